The molecular weight excluding hydrogens is 238 g/mol. The number of carbonyl (C=O) groups excluding carboxylic acids is 1. The molecule has 0 spiro atoms. The molecular formula is C11H19N3O4. The number of nitrogens with one attached hydrogen (secondary N) is 1. The van der Waals surface area contributed by atoms with Crippen molar-refractivity contribution < 1.29 is 19.4 Å². The first-order valence-electron chi connectivity index (χ1n) is 5.59. The van der Waals surface area contributed by atoms with Crippen molar-refractivity contribution >= 4 is 11.9 Å². The number of nitriles is 1. The Morgan fingerprint density at radius 1 is 1.50 bits per heavy atom. The van der Waals surface area contributed by atoms with Crippen LogP contribution in [-0.4, -0.2) is 61.3 Å². The first kappa shape index (κ1) is 16.4. The Morgan fingerprint density at radius 3 is 2.61 bits per heavy atom. The fourth-order valence-electron chi connectivity index (χ4n) is 1.41. The van der Waals surface area contributed by atoms with Gasteiger partial charge in [0.25, 0.3) is 0 Å². The van der Waals surface area contributed by atoms with E-state index in [0.29, 0.717) is 26.1 Å². The van der Waals surface area contributed by atoms with E-state index in [4.69, 9.17) is 15.1 Å². The minimum absolute atomic E-state index is 0.153. The van der Waals surface area contributed by atoms with Crippen LogP contribution >= 0.6 is 0 Å². The molecule has 0 saturated heterocycles. The van der Waals surface area contributed by atoms with Gasteiger partial charge in [-0.25, -0.2) is 4.79 Å². The molecule has 0 aliphatic heterocycles. The lowest BCUT2D eigenvalue weighted by Crippen LogP contribution is -2.48. The lowest BCUT2D eigenvalue weighted by atomic mass is 10.2. The summed E-state index contributed by atoms with van der Waals surface area (Å²) in [5, 5.41) is 19.9. The molecule has 1 amide bonds. The lowest BCUT2D eigenvalue weighted by Gasteiger charge is -2.24. The molecule has 1 atom stereocenters. The maximum atomic E-state index is 11.0. The number of hydrogen-bond acceptors (Lipinski definition) is 5. The Bertz CT molecular complexity index is 314. The quantitative estimate of drug-likeness (QED) is 0.574. The van der Waals surface area contributed by atoms with Crippen molar-refractivity contribution in [3.8, 4) is 6.07 Å². The van der Waals surface area contributed by atoms with E-state index in [0.717, 1.165) is 0 Å². The molecule has 7 heteroatoms. The van der Waals surface area contributed by atoms with Gasteiger partial charge in [-0.2, -0.15) is 5.26 Å². The van der Waals surface area contributed by atoms with E-state index in [1.807, 2.05) is 6.07 Å². The van der Waals surface area contributed by atoms with Crippen molar-refractivity contribution in [1.29, 1.82) is 5.26 Å². The summed E-state index contributed by atoms with van der Waals surface area (Å²) < 4.78 is 4.92. The summed E-state index contributed by atoms with van der Waals surface area (Å²) >= 11 is 0. The number of methoxy groups -OCH3 is 1. The van der Waals surface area contributed by atoms with Crippen LogP contribution in [0.1, 0.15) is 13.3 Å². The number of carboxylic acids is 1. The van der Waals surface area contributed by atoms with Gasteiger partial charge in [0, 0.05) is 40.1 Å². The Kier molecular flexibility index (Phi) is 8.53. The van der Waals surface area contributed by atoms with E-state index in [1.165, 1.54) is 6.92 Å². The van der Waals surface area contributed by atoms with Crippen molar-refractivity contribution in [2.24, 2.45) is 0 Å². The molecule has 0 aromatic heterocycles. The number of nitrogens with zero attached hydrogens (tertiary/aromatic N) is 2. The van der Waals surface area contributed by atoms with Crippen molar-refractivity contribution in [2.75, 3.05) is 33.4 Å². The standard InChI is InChI=1S/C11H19N3O4/c1-9(15)13-10(11(16)17)8-14(5-3-4-12)6-7-18-2/h10H,3,5-8H2,1-2H3,(H,13,15)(H,16,17). The van der Waals surface area contributed by atoms with Crippen LogP contribution < -0.4 is 5.32 Å². The minimum Gasteiger partial charge on any atom is -0.480 e. The summed E-state index contributed by atoms with van der Waals surface area (Å²) in [6, 6.07) is 1.03. The lowest BCUT2D eigenvalue weighted by molar-refractivity contribution is -0.142. The van der Waals surface area contributed by atoms with Crippen LogP contribution in [0.3, 0.4) is 0 Å². The van der Waals surface area contributed by atoms with E-state index in [1.54, 1.807) is 12.0 Å². The Balaban J connectivity index is 4.42. The zero-order chi connectivity index (χ0) is 14.0. The third-order valence-corrected chi connectivity index (χ3v) is 2.27. The number of rotatable bonds is 9. The number of ether oxygens (including phenoxy) is 1. The minimum atomic E-state index is -1.09. The van der Waals surface area contributed by atoms with Crippen molar-refractivity contribution in [3.05, 3.63) is 0 Å². The average Bonchev–Trinajstić information content (AvgIpc) is 2.30. The fourth-order valence-corrected chi connectivity index (χ4v) is 1.41. The van der Waals surface area contributed by atoms with Gasteiger partial charge in [-0.05, 0) is 0 Å². The van der Waals surface area contributed by atoms with Crippen molar-refractivity contribution in [1.82, 2.24) is 10.2 Å². The third kappa shape index (κ3) is 7.60. The Labute approximate surface area is 106 Å². The predicted molar refractivity (Wildman–Crippen MR) is 63.8 cm³/mol. The summed E-state index contributed by atoms with van der Waals surface area (Å²) in [5.74, 6) is -1.49. The van der Waals surface area contributed by atoms with Gasteiger partial charge in [0.15, 0.2) is 0 Å². The molecule has 2 N–H and O–H groups in total. The summed E-state index contributed by atoms with van der Waals surface area (Å²) in [4.78, 5) is 23.7. The Morgan fingerprint density at radius 2 is 2.17 bits per heavy atom. The molecule has 0 radical (unpaired) electrons. The van der Waals surface area contributed by atoms with E-state index in [-0.39, 0.29) is 6.54 Å². The van der Waals surface area contributed by atoms with Crippen LogP contribution in [-0.2, 0) is 14.3 Å². The molecule has 7 nitrogen and oxygen atoms in total. The van der Waals surface area contributed by atoms with E-state index >= 15 is 0 Å². The molecule has 0 bridgehead atoms. The SMILES string of the molecule is COCCN(CCC#N)CC(NC(C)=O)C(=O)O. The topological polar surface area (TPSA) is 103 Å². The molecule has 0 saturated carbocycles. The molecule has 0 aromatic rings. The van der Waals surface area contributed by atoms with Gasteiger partial charge in [0.05, 0.1) is 12.7 Å². The van der Waals surface area contributed by atoms with Gasteiger partial charge in [-0.1, -0.05) is 0 Å². The van der Waals surface area contributed by atoms with Crippen LogP contribution in [0, 0.1) is 11.3 Å². The molecule has 0 heterocycles. The number of carboxylic acid groups (broad SMARTS) is 1. The highest BCUT2D eigenvalue weighted by Crippen LogP contribution is 1.96. The molecule has 102 valence electrons. The molecule has 1 unspecified atom stereocenters. The van der Waals surface area contributed by atoms with Gasteiger partial charge in [0.1, 0.15) is 6.04 Å². The summed E-state index contributed by atoms with van der Waals surface area (Å²) in [6.07, 6.45) is 0.302. The molecule has 0 aromatic carbocycles. The number of hydrogen-bond donors (Lipinski definition) is 2. The number of carbonyl (C=O) groups is 2. The molecule has 0 aliphatic rings. The van der Waals surface area contributed by atoms with Crippen LogP contribution in [0.5, 0.6) is 0 Å². The normalized spacial score (nSPS) is 11.9. The van der Waals surface area contributed by atoms with Crippen LogP contribution in [0.25, 0.3) is 0 Å². The maximum Gasteiger partial charge on any atom is 0.327 e. The fraction of sp³-hybridized carbons (Fsp3) is 0.727. The maximum absolute atomic E-state index is 11.0. The third-order valence-electron chi connectivity index (χ3n) is 2.27. The second-order valence-electron chi connectivity index (χ2n) is 3.79. The van der Waals surface area contributed by atoms with E-state index < -0.39 is 17.9 Å². The highest BCUT2D eigenvalue weighted by atomic mass is 16.5. The monoisotopic (exact) mass is 257 g/mol. The van der Waals surface area contributed by atoms with Crippen LogP contribution in [0.2, 0.25) is 0 Å². The van der Waals surface area contributed by atoms with Crippen molar-refractivity contribution in [2.45, 2.75) is 19.4 Å². The van der Waals surface area contributed by atoms with Gasteiger partial charge in [-0.15, -0.1) is 0 Å². The molecule has 0 aliphatic carbocycles. The first-order chi connectivity index (χ1) is 8.51. The van der Waals surface area contributed by atoms with E-state index in [9.17, 15) is 9.59 Å². The molecule has 18 heavy (non-hydrogen) atoms. The summed E-state index contributed by atoms with van der Waals surface area (Å²) in [6.45, 7) is 2.83. The second kappa shape index (κ2) is 9.39. The van der Waals surface area contributed by atoms with Gasteiger partial charge in [-0.3, -0.25) is 9.69 Å². The summed E-state index contributed by atoms with van der Waals surface area (Å²) in [5.41, 5.74) is 0. The second-order valence-corrected chi connectivity index (χ2v) is 3.79. The van der Waals surface area contributed by atoms with Gasteiger partial charge in [0.2, 0.25) is 5.91 Å². The largest absolute Gasteiger partial charge is 0.480 e. The smallest absolute Gasteiger partial charge is 0.327 e. The Hall–Kier alpha value is -1.65. The van der Waals surface area contributed by atoms with Crippen LogP contribution in [0.4, 0.5) is 0 Å². The average molecular weight is 257 g/mol. The molecule has 0 fully saturated rings. The van der Waals surface area contributed by atoms with E-state index in [2.05, 4.69) is 5.32 Å². The van der Waals surface area contributed by atoms with Crippen molar-refractivity contribution in [3.63, 3.8) is 0 Å². The zero-order valence-electron chi connectivity index (χ0n) is 10.7. The predicted octanol–water partition coefficient (Wildman–Crippen LogP) is -0.562. The highest BCUT2D eigenvalue weighted by molar-refractivity contribution is 5.82. The van der Waals surface area contributed by atoms with Gasteiger partial charge < -0.3 is 15.2 Å². The van der Waals surface area contributed by atoms with Gasteiger partial charge >= 0.3 is 5.97 Å². The number of amides is 1. The zero-order valence-corrected chi connectivity index (χ0v) is 10.7. The summed E-state index contributed by atoms with van der Waals surface area (Å²) in [7, 11) is 1.55. The van der Waals surface area contributed by atoms with Crippen LogP contribution in [0.15, 0.2) is 0 Å². The molecule has 0 rings (SSSR count). The highest BCUT2D eigenvalue weighted by Gasteiger charge is 2.21. The first-order valence-corrected chi connectivity index (χ1v) is 5.59. The number of aliphatic carboxylic acids is 1.